The van der Waals surface area contributed by atoms with Crippen LogP contribution in [0.3, 0.4) is 0 Å². The van der Waals surface area contributed by atoms with Crippen LogP contribution >= 0.6 is 0 Å². The number of benzene rings is 2. The van der Waals surface area contributed by atoms with Gasteiger partial charge in [-0.2, -0.15) is 0 Å². The standard InChI is InChI=1S/C37H50BN3O7/c1-36(2)27-22-30(36)37(3)31(23-27)47-38(48-37)32(18-12-20-45-4)40-33(42)29-17-11-19-41(29)34(43)28(21-25-13-7-5-8-14-25)39-35(44)46-24-26-15-9-6-10-16-26/h5-10,13-16,27-32H,11-12,17-24H2,1-4H3,(H,39,44)(H,40,42)/t27-,28+,29-,30-,31-,32+,37-/m0/s1. The summed E-state index contributed by atoms with van der Waals surface area (Å²) in [7, 11) is 1.09. The van der Waals surface area contributed by atoms with E-state index < -0.39 is 30.9 Å². The van der Waals surface area contributed by atoms with Crippen molar-refractivity contribution < 1.29 is 33.2 Å². The number of rotatable bonds is 13. The van der Waals surface area contributed by atoms with Gasteiger partial charge < -0.3 is 34.3 Å². The van der Waals surface area contributed by atoms with Crippen molar-refractivity contribution in [1.82, 2.24) is 15.5 Å². The Bertz CT molecular complexity index is 1430. The summed E-state index contributed by atoms with van der Waals surface area (Å²) in [6.45, 7) is 7.90. The average molecular weight is 660 g/mol. The third-order valence-electron chi connectivity index (χ3n) is 11.4. The number of carbonyl (C=O) groups excluding carboxylic acids is 3. The molecule has 2 bridgehead atoms. The van der Waals surface area contributed by atoms with Crippen molar-refractivity contribution in [2.45, 2.75) is 102 Å². The van der Waals surface area contributed by atoms with Gasteiger partial charge in [-0.25, -0.2) is 4.79 Å². The molecule has 7 atom stereocenters. The molecule has 11 heteroatoms. The predicted octanol–water partition coefficient (Wildman–Crippen LogP) is 4.69. The van der Waals surface area contributed by atoms with Crippen molar-refractivity contribution in [2.75, 3.05) is 20.3 Å². The molecule has 0 unspecified atom stereocenters. The Morgan fingerprint density at radius 3 is 2.40 bits per heavy atom. The van der Waals surface area contributed by atoms with Crippen LogP contribution in [0.25, 0.3) is 0 Å². The highest BCUT2D eigenvalue weighted by Gasteiger charge is 2.68. The van der Waals surface area contributed by atoms with Gasteiger partial charge in [-0.15, -0.1) is 0 Å². The van der Waals surface area contributed by atoms with Crippen molar-refractivity contribution >= 4 is 25.0 Å². The third kappa shape index (κ3) is 7.14. The number of alkyl carbamates (subject to hydrolysis) is 1. The first-order valence-electron chi connectivity index (χ1n) is 17.5. The predicted molar refractivity (Wildman–Crippen MR) is 182 cm³/mol. The maximum atomic E-state index is 14.2. The lowest BCUT2D eigenvalue weighted by Gasteiger charge is -2.64. The number of amides is 3. The van der Waals surface area contributed by atoms with Crippen LogP contribution < -0.4 is 10.6 Å². The number of carbonyl (C=O) groups is 3. The van der Waals surface area contributed by atoms with E-state index >= 15 is 0 Å². The maximum Gasteiger partial charge on any atom is 0.481 e. The number of hydrogen-bond donors (Lipinski definition) is 2. The fraction of sp³-hybridized carbons (Fsp3) is 0.595. The second-order valence-electron chi connectivity index (χ2n) is 14.7. The first-order valence-corrected chi connectivity index (χ1v) is 17.5. The van der Waals surface area contributed by atoms with E-state index in [0.717, 1.165) is 30.4 Å². The molecule has 2 aromatic rings. The number of ether oxygens (including phenoxy) is 2. The van der Waals surface area contributed by atoms with Crippen molar-refractivity contribution in [3.05, 3.63) is 71.8 Å². The van der Waals surface area contributed by atoms with Crippen molar-refractivity contribution in [1.29, 1.82) is 0 Å². The fourth-order valence-electron chi connectivity index (χ4n) is 8.53. The molecule has 0 spiro atoms. The third-order valence-corrected chi connectivity index (χ3v) is 11.4. The molecule has 2 aliphatic heterocycles. The molecule has 2 heterocycles. The average Bonchev–Trinajstić information content (AvgIpc) is 3.72. The highest BCUT2D eigenvalue weighted by Crippen LogP contribution is 2.65. The Kier molecular flexibility index (Phi) is 10.5. The van der Waals surface area contributed by atoms with E-state index in [9.17, 15) is 14.4 Å². The summed E-state index contributed by atoms with van der Waals surface area (Å²) in [5.74, 6) is 0.100. The van der Waals surface area contributed by atoms with Gasteiger partial charge in [-0.1, -0.05) is 74.5 Å². The first kappa shape index (κ1) is 34.5. The Labute approximate surface area is 284 Å². The summed E-state index contributed by atoms with van der Waals surface area (Å²) in [6.07, 6.45) is 4.26. The number of nitrogens with zero attached hydrogens (tertiary/aromatic N) is 1. The highest BCUT2D eigenvalue weighted by atomic mass is 16.7. The van der Waals surface area contributed by atoms with Gasteiger partial charge in [0.1, 0.15) is 18.7 Å². The van der Waals surface area contributed by atoms with Gasteiger partial charge >= 0.3 is 13.2 Å². The topological polar surface area (TPSA) is 115 Å². The molecule has 3 aliphatic carbocycles. The lowest BCUT2D eigenvalue weighted by atomic mass is 9.43. The number of methoxy groups -OCH3 is 1. The first-order chi connectivity index (χ1) is 23.1. The van der Waals surface area contributed by atoms with Gasteiger partial charge in [-0.3, -0.25) is 9.59 Å². The normalized spacial score (nSPS) is 28.2. The van der Waals surface area contributed by atoms with Crippen LogP contribution in [0.2, 0.25) is 0 Å². The molecule has 7 rings (SSSR count). The zero-order valence-electron chi connectivity index (χ0n) is 28.7. The summed E-state index contributed by atoms with van der Waals surface area (Å²) in [6, 6.07) is 17.3. The van der Waals surface area contributed by atoms with Crippen LogP contribution in [0.5, 0.6) is 0 Å². The van der Waals surface area contributed by atoms with E-state index in [4.69, 9.17) is 18.8 Å². The SMILES string of the molecule is COCCC[C@@H](NC(=O)[C@@H]1CCCN1C(=O)[C@@H](Cc1ccccc1)NC(=O)OCc1ccccc1)B1O[C@H]2C[C@@H]3C[C@@H](C3(C)C)[C@]2(C)O1. The van der Waals surface area contributed by atoms with Gasteiger partial charge in [0, 0.05) is 26.7 Å². The molecule has 2 aromatic carbocycles. The van der Waals surface area contributed by atoms with Gasteiger partial charge in [0.05, 0.1) is 17.6 Å². The van der Waals surface area contributed by atoms with Crippen LogP contribution in [0.1, 0.15) is 70.4 Å². The molecule has 5 fully saturated rings. The summed E-state index contributed by atoms with van der Waals surface area (Å²) in [4.78, 5) is 42.7. The highest BCUT2D eigenvalue weighted by molar-refractivity contribution is 6.47. The van der Waals surface area contributed by atoms with Crippen LogP contribution in [0.15, 0.2) is 60.7 Å². The Hall–Kier alpha value is -3.41. The van der Waals surface area contributed by atoms with Crippen molar-refractivity contribution in [3.63, 3.8) is 0 Å². The van der Waals surface area contributed by atoms with E-state index in [-0.39, 0.29) is 42.3 Å². The molecule has 3 amide bonds. The van der Waals surface area contributed by atoms with E-state index in [2.05, 4.69) is 31.4 Å². The molecule has 2 N–H and O–H groups in total. The second-order valence-corrected chi connectivity index (χ2v) is 14.7. The molecule has 0 aromatic heterocycles. The summed E-state index contributed by atoms with van der Waals surface area (Å²) >= 11 is 0. The van der Waals surface area contributed by atoms with Gasteiger partial charge in [0.25, 0.3) is 0 Å². The number of likely N-dealkylation sites (tertiary alicyclic amines) is 1. The van der Waals surface area contributed by atoms with Crippen LogP contribution in [-0.4, -0.2) is 79.9 Å². The number of nitrogens with one attached hydrogen (secondary N) is 2. The lowest BCUT2D eigenvalue weighted by Crippen LogP contribution is -2.65. The smallest absolute Gasteiger partial charge is 0.445 e. The number of hydrogen-bond acceptors (Lipinski definition) is 7. The van der Waals surface area contributed by atoms with Crippen LogP contribution in [0.4, 0.5) is 4.79 Å². The summed E-state index contributed by atoms with van der Waals surface area (Å²) < 4.78 is 24.1. The Morgan fingerprint density at radius 2 is 1.71 bits per heavy atom. The van der Waals surface area contributed by atoms with Crippen LogP contribution in [0, 0.1) is 17.3 Å². The largest absolute Gasteiger partial charge is 0.481 e. The summed E-state index contributed by atoms with van der Waals surface area (Å²) in [5.41, 5.74) is 1.55. The van der Waals surface area contributed by atoms with Gasteiger partial charge in [0.2, 0.25) is 11.8 Å². The monoisotopic (exact) mass is 659 g/mol. The van der Waals surface area contributed by atoms with E-state index in [1.165, 1.54) is 0 Å². The molecular formula is C37H50BN3O7. The minimum atomic E-state index is -0.902. The molecular weight excluding hydrogens is 609 g/mol. The summed E-state index contributed by atoms with van der Waals surface area (Å²) in [5, 5.41) is 6.04. The molecule has 3 saturated carbocycles. The Balaban J connectivity index is 1.14. The zero-order valence-corrected chi connectivity index (χ0v) is 28.7. The molecule has 5 aliphatic rings. The quantitative estimate of drug-likeness (QED) is 0.237. The van der Waals surface area contributed by atoms with Crippen molar-refractivity contribution in [2.24, 2.45) is 17.3 Å². The second kappa shape index (κ2) is 14.6. The fourth-order valence-corrected chi connectivity index (χ4v) is 8.53. The van der Waals surface area contributed by atoms with E-state index in [1.54, 1.807) is 12.0 Å². The Morgan fingerprint density at radius 1 is 1.00 bits per heavy atom. The minimum absolute atomic E-state index is 0.00266. The van der Waals surface area contributed by atoms with E-state index in [1.807, 2.05) is 60.7 Å². The zero-order chi connectivity index (χ0) is 33.9. The molecule has 258 valence electrons. The van der Waals surface area contributed by atoms with E-state index in [0.29, 0.717) is 44.2 Å². The van der Waals surface area contributed by atoms with Gasteiger partial charge in [0.15, 0.2) is 0 Å². The molecule has 0 radical (unpaired) electrons. The van der Waals surface area contributed by atoms with Crippen molar-refractivity contribution in [3.8, 4) is 0 Å². The molecule has 2 saturated heterocycles. The van der Waals surface area contributed by atoms with Gasteiger partial charge in [-0.05, 0) is 73.8 Å². The van der Waals surface area contributed by atoms with Crippen LogP contribution in [-0.2, 0) is 41.4 Å². The molecule has 10 nitrogen and oxygen atoms in total. The maximum absolute atomic E-state index is 14.2. The molecule has 48 heavy (non-hydrogen) atoms. The minimum Gasteiger partial charge on any atom is -0.445 e. The lowest BCUT2D eigenvalue weighted by molar-refractivity contribution is -0.199.